The molecule has 0 spiro atoms. The van der Waals surface area contributed by atoms with Crippen molar-refractivity contribution < 1.29 is 17.9 Å². The molecule has 26 heavy (non-hydrogen) atoms. The Kier molecular flexibility index (Phi) is 6.53. The summed E-state index contributed by atoms with van der Waals surface area (Å²) in [6.45, 7) is 1.29. The van der Waals surface area contributed by atoms with E-state index in [4.69, 9.17) is 4.74 Å². The summed E-state index contributed by atoms with van der Waals surface area (Å²) in [6, 6.07) is 5.74. The molecule has 1 aromatic carbocycles. The van der Waals surface area contributed by atoms with E-state index in [1.807, 2.05) is 0 Å². The zero-order valence-electron chi connectivity index (χ0n) is 15.1. The molecule has 1 aliphatic heterocycles. The number of nitrogens with one attached hydrogen (secondary N) is 2. The molecule has 1 amide bonds. The summed E-state index contributed by atoms with van der Waals surface area (Å²) in [5.41, 5.74) is 0. The third-order valence-electron chi connectivity index (χ3n) is 5.18. The maximum atomic E-state index is 12.5. The Balaban J connectivity index is 1.58. The summed E-state index contributed by atoms with van der Waals surface area (Å²) < 4.78 is 33.4. The van der Waals surface area contributed by atoms with Crippen LogP contribution in [0.2, 0.25) is 0 Å². The predicted octanol–water partition coefficient (Wildman–Crippen LogP) is 2.59. The fourth-order valence-corrected chi connectivity index (χ4v) is 4.82. The lowest BCUT2D eigenvalue weighted by molar-refractivity contribution is -0.122. The smallest absolute Gasteiger partial charge is 0.241 e. The van der Waals surface area contributed by atoms with E-state index in [-0.39, 0.29) is 10.8 Å². The van der Waals surface area contributed by atoms with Gasteiger partial charge in [0.05, 0.1) is 11.5 Å². The van der Waals surface area contributed by atoms with Crippen molar-refractivity contribution in [3.63, 3.8) is 0 Å². The number of rotatable bonds is 6. The van der Waals surface area contributed by atoms with Crippen molar-refractivity contribution in [3.05, 3.63) is 24.3 Å². The second-order valence-corrected chi connectivity index (χ2v) is 8.96. The van der Waals surface area contributed by atoms with E-state index in [9.17, 15) is 13.2 Å². The van der Waals surface area contributed by atoms with Crippen LogP contribution in [0.5, 0.6) is 5.75 Å². The number of benzene rings is 1. The van der Waals surface area contributed by atoms with Gasteiger partial charge in [0.15, 0.2) is 0 Å². The third-order valence-corrected chi connectivity index (χ3v) is 6.66. The van der Waals surface area contributed by atoms with E-state index >= 15 is 0 Å². The number of hydrogen-bond acceptors (Lipinski definition) is 4. The van der Waals surface area contributed by atoms with Crippen LogP contribution in [0.25, 0.3) is 0 Å². The Labute approximate surface area is 155 Å². The van der Waals surface area contributed by atoms with Gasteiger partial charge in [-0.05, 0) is 62.3 Å². The first-order valence-corrected chi connectivity index (χ1v) is 11.1. The van der Waals surface area contributed by atoms with Crippen molar-refractivity contribution in [3.8, 4) is 5.75 Å². The summed E-state index contributed by atoms with van der Waals surface area (Å²) in [5, 5.41) is 2.74. The molecule has 1 saturated heterocycles. The van der Waals surface area contributed by atoms with Gasteiger partial charge in [-0.2, -0.15) is 4.72 Å². The lowest BCUT2D eigenvalue weighted by Crippen LogP contribution is -2.45. The van der Waals surface area contributed by atoms with E-state index in [0.29, 0.717) is 31.2 Å². The summed E-state index contributed by atoms with van der Waals surface area (Å²) in [6.07, 6.45) is 8.48. The molecule has 2 N–H and O–H groups in total. The molecule has 1 heterocycles. The number of carbonyl (C=O) groups excluding carboxylic acids is 1. The van der Waals surface area contributed by atoms with Gasteiger partial charge in [-0.15, -0.1) is 0 Å². The maximum absolute atomic E-state index is 12.5. The van der Waals surface area contributed by atoms with Gasteiger partial charge >= 0.3 is 0 Å². The highest BCUT2D eigenvalue weighted by Crippen LogP contribution is 2.25. The van der Waals surface area contributed by atoms with Gasteiger partial charge in [0.1, 0.15) is 11.8 Å². The minimum Gasteiger partial charge on any atom is -0.493 e. The Bertz CT molecular complexity index is 697. The zero-order valence-corrected chi connectivity index (χ0v) is 15.9. The first-order chi connectivity index (χ1) is 12.5. The zero-order chi connectivity index (χ0) is 18.4. The van der Waals surface area contributed by atoms with Crippen LogP contribution in [0.3, 0.4) is 0 Å². The lowest BCUT2D eigenvalue weighted by atomic mass is 9.90. The van der Waals surface area contributed by atoms with Gasteiger partial charge in [0.25, 0.3) is 0 Å². The second-order valence-electron chi connectivity index (χ2n) is 7.25. The minimum atomic E-state index is -3.73. The van der Waals surface area contributed by atoms with Crippen molar-refractivity contribution in [2.45, 2.75) is 62.3 Å². The van der Waals surface area contributed by atoms with Crippen molar-refractivity contribution >= 4 is 15.9 Å². The van der Waals surface area contributed by atoms with Crippen LogP contribution in [0, 0.1) is 5.92 Å². The average molecular weight is 381 g/mol. The topological polar surface area (TPSA) is 84.5 Å². The van der Waals surface area contributed by atoms with Crippen LogP contribution in [0.1, 0.15) is 51.4 Å². The molecular formula is C19H28N2O4S. The molecule has 7 heteroatoms. The summed E-state index contributed by atoms with van der Waals surface area (Å²) >= 11 is 0. The highest BCUT2D eigenvalue weighted by molar-refractivity contribution is 7.89. The second kappa shape index (κ2) is 8.86. The van der Waals surface area contributed by atoms with Gasteiger partial charge < -0.3 is 10.1 Å². The van der Waals surface area contributed by atoms with Crippen molar-refractivity contribution in [1.82, 2.24) is 10.0 Å². The highest BCUT2D eigenvalue weighted by Gasteiger charge is 2.26. The molecule has 0 unspecified atom stereocenters. The van der Waals surface area contributed by atoms with Crippen molar-refractivity contribution in [1.29, 1.82) is 0 Å². The molecule has 6 nitrogen and oxygen atoms in total. The fourth-order valence-electron chi connectivity index (χ4n) is 3.59. The number of carbonyl (C=O) groups is 1. The molecule has 1 aliphatic carbocycles. The van der Waals surface area contributed by atoms with E-state index in [1.54, 1.807) is 12.1 Å². The minimum absolute atomic E-state index is 0.152. The predicted molar refractivity (Wildman–Crippen MR) is 99.5 cm³/mol. The third kappa shape index (κ3) is 5.20. The maximum Gasteiger partial charge on any atom is 0.241 e. The van der Waals surface area contributed by atoms with E-state index in [2.05, 4.69) is 10.0 Å². The molecule has 144 valence electrons. The SMILES string of the molecule is O=C1NCCCC[C@@H]1NS(=O)(=O)c1ccc(OCC2CCCCC2)cc1. The van der Waals surface area contributed by atoms with Crippen LogP contribution < -0.4 is 14.8 Å². The number of amides is 1. The normalized spacial score (nSPS) is 22.5. The summed E-state index contributed by atoms with van der Waals surface area (Å²) in [4.78, 5) is 12.1. The largest absolute Gasteiger partial charge is 0.493 e. The van der Waals surface area contributed by atoms with Gasteiger partial charge in [-0.3, -0.25) is 4.79 Å². The average Bonchev–Trinajstić information content (AvgIpc) is 2.85. The first kappa shape index (κ1) is 19.2. The molecule has 1 saturated carbocycles. The van der Waals surface area contributed by atoms with E-state index in [1.165, 1.54) is 44.2 Å². The fraction of sp³-hybridized carbons (Fsp3) is 0.632. The first-order valence-electron chi connectivity index (χ1n) is 9.57. The molecule has 3 rings (SSSR count). The van der Waals surface area contributed by atoms with E-state index in [0.717, 1.165) is 12.8 Å². The molecule has 0 radical (unpaired) electrons. The Morgan fingerprint density at radius 3 is 2.42 bits per heavy atom. The van der Waals surface area contributed by atoms with Crippen LogP contribution in [-0.2, 0) is 14.8 Å². The van der Waals surface area contributed by atoms with Gasteiger partial charge in [0.2, 0.25) is 15.9 Å². The molecular weight excluding hydrogens is 352 g/mol. The molecule has 1 atom stereocenters. The van der Waals surface area contributed by atoms with Gasteiger partial charge in [0, 0.05) is 6.54 Å². The Hall–Kier alpha value is -1.60. The van der Waals surface area contributed by atoms with Gasteiger partial charge in [-0.25, -0.2) is 8.42 Å². The van der Waals surface area contributed by atoms with Crippen LogP contribution in [0.15, 0.2) is 29.2 Å². The molecule has 2 fully saturated rings. The van der Waals surface area contributed by atoms with Crippen LogP contribution >= 0.6 is 0 Å². The lowest BCUT2D eigenvalue weighted by Gasteiger charge is -2.21. The van der Waals surface area contributed by atoms with Crippen molar-refractivity contribution in [2.24, 2.45) is 5.92 Å². The summed E-state index contributed by atoms with van der Waals surface area (Å²) in [7, 11) is -3.73. The molecule has 1 aromatic rings. The highest BCUT2D eigenvalue weighted by atomic mass is 32.2. The van der Waals surface area contributed by atoms with E-state index < -0.39 is 16.1 Å². The Morgan fingerprint density at radius 2 is 1.69 bits per heavy atom. The number of hydrogen-bond donors (Lipinski definition) is 2. The van der Waals surface area contributed by atoms with Crippen LogP contribution in [0.4, 0.5) is 0 Å². The van der Waals surface area contributed by atoms with Crippen molar-refractivity contribution in [2.75, 3.05) is 13.2 Å². The molecule has 0 bridgehead atoms. The standard InChI is InChI=1S/C19H28N2O4S/c22-19-18(8-4-5-13-20-19)21-26(23,24)17-11-9-16(10-12-17)25-14-15-6-2-1-3-7-15/h9-12,15,18,21H,1-8,13-14H2,(H,20,22)/t18-/m0/s1. The summed E-state index contributed by atoms with van der Waals surface area (Å²) in [5.74, 6) is 1.03. The monoisotopic (exact) mass is 380 g/mol. The number of sulfonamides is 1. The molecule has 2 aliphatic rings. The quantitative estimate of drug-likeness (QED) is 0.794. The molecule has 0 aromatic heterocycles. The Morgan fingerprint density at radius 1 is 1.00 bits per heavy atom. The number of ether oxygens (including phenoxy) is 1. The van der Waals surface area contributed by atoms with Gasteiger partial charge in [-0.1, -0.05) is 19.3 Å². The van der Waals surface area contributed by atoms with Crippen LogP contribution in [-0.4, -0.2) is 33.5 Å².